The van der Waals surface area contributed by atoms with Crippen molar-refractivity contribution in [2.75, 3.05) is 0 Å². The highest BCUT2D eigenvalue weighted by Gasteiger charge is 2.71. The molecule has 0 amide bonds. The van der Waals surface area contributed by atoms with Crippen LogP contribution in [0.1, 0.15) is 69.4 Å². The molecule has 0 bridgehead atoms. The minimum Gasteiger partial charge on any atom is -0.462 e. The SMILES string of the molecule is C=C(C)c1c(F)c(F)c(F)c(F)c1F.C=C(C)c1cc(F)c(OC(C)(C(F)(F)F)C(F)(F)F)c(F)c1.C=C(C)c1cc(F)c(OC(F)(F)F)c(F)c1.C=C(C)c1ccc(C(C)(C(F)(F)F)C(F)(F)F)cc1. The van der Waals surface area contributed by atoms with E-state index in [-0.39, 0.29) is 36.1 Å². The number of ether oxygens (including phenoxy) is 2. The molecule has 26 heteroatoms. The summed E-state index contributed by atoms with van der Waals surface area (Å²) in [5.41, 5.74) is -9.16. The van der Waals surface area contributed by atoms with Crippen LogP contribution in [-0.2, 0) is 5.41 Å². The molecule has 0 atom stereocenters. The molecule has 4 aromatic rings. The number of hydrogen-bond donors (Lipinski definition) is 0. The van der Waals surface area contributed by atoms with E-state index in [1.54, 1.807) is 6.92 Å². The van der Waals surface area contributed by atoms with Crippen molar-refractivity contribution in [3.63, 3.8) is 0 Å². The molecule has 0 unspecified atom stereocenters. The maximum atomic E-state index is 13.6. The Kier molecular flexibility index (Phi) is 19.9. The van der Waals surface area contributed by atoms with Crippen molar-refractivity contribution in [1.29, 1.82) is 0 Å². The molecule has 0 aliphatic rings. The zero-order valence-electron chi connectivity index (χ0n) is 36.8. The predicted molar refractivity (Wildman–Crippen MR) is 212 cm³/mol. The number of alkyl halides is 15. The topological polar surface area (TPSA) is 18.5 Å². The van der Waals surface area contributed by atoms with Crippen molar-refractivity contribution >= 4 is 22.3 Å². The molecule has 394 valence electrons. The molecule has 0 fully saturated rings. The first-order chi connectivity index (χ1) is 31.7. The minimum atomic E-state index is -5.93. The first-order valence-corrected chi connectivity index (χ1v) is 18.6. The molecule has 0 spiro atoms. The fourth-order valence-electron chi connectivity index (χ4n) is 4.96. The number of hydrogen-bond acceptors (Lipinski definition) is 2. The second-order valence-corrected chi connectivity index (χ2v) is 15.0. The molecule has 0 aliphatic heterocycles. The van der Waals surface area contributed by atoms with Crippen LogP contribution in [0.2, 0.25) is 0 Å². The van der Waals surface area contributed by atoms with Crippen molar-refractivity contribution in [3.8, 4) is 11.5 Å². The van der Waals surface area contributed by atoms with Crippen molar-refractivity contribution in [3.05, 3.63) is 155 Å². The average Bonchev–Trinajstić information content (AvgIpc) is 3.20. The number of rotatable bonds is 8. The van der Waals surface area contributed by atoms with Crippen LogP contribution in [0.3, 0.4) is 0 Å². The maximum Gasteiger partial charge on any atom is 0.573 e. The second-order valence-electron chi connectivity index (χ2n) is 15.0. The van der Waals surface area contributed by atoms with Crippen LogP contribution in [-0.4, -0.2) is 36.7 Å². The van der Waals surface area contributed by atoms with Gasteiger partial charge in [0.15, 0.2) is 57.7 Å². The predicted octanol–water partition coefficient (Wildman–Crippen LogP) is 17.7. The van der Waals surface area contributed by atoms with E-state index in [0.717, 1.165) is 31.2 Å². The first-order valence-electron chi connectivity index (χ1n) is 18.6. The third-order valence-electron chi connectivity index (χ3n) is 9.31. The summed E-state index contributed by atoms with van der Waals surface area (Å²) >= 11 is 0. The smallest absolute Gasteiger partial charge is 0.462 e. The molecule has 0 radical (unpaired) electrons. The fourth-order valence-corrected chi connectivity index (χ4v) is 4.96. The van der Waals surface area contributed by atoms with Gasteiger partial charge >= 0.3 is 31.1 Å². The zero-order chi connectivity index (χ0) is 56.1. The minimum absolute atomic E-state index is 0.0736. The summed E-state index contributed by atoms with van der Waals surface area (Å²) in [4.78, 5) is 0. The monoisotopic (exact) mass is 1060 g/mol. The molecule has 0 saturated carbocycles. The van der Waals surface area contributed by atoms with Gasteiger partial charge in [-0.2, -0.15) is 52.7 Å². The summed E-state index contributed by atoms with van der Waals surface area (Å²) in [6, 6.07) is 6.61. The highest BCUT2D eigenvalue weighted by molar-refractivity contribution is 5.64. The van der Waals surface area contributed by atoms with Crippen molar-refractivity contribution in [2.45, 2.75) is 83.6 Å². The third kappa shape index (κ3) is 14.9. The van der Waals surface area contributed by atoms with Gasteiger partial charge in [-0.3, -0.25) is 0 Å². The van der Waals surface area contributed by atoms with E-state index in [9.17, 15) is 105 Å². The van der Waals surface area contributed by atoms with E-state index in [1.807, 2.05) is 0 Å². The van der Waals surface area contributed by atoms with Crippen LogP contribution in [0.5, 0.6) is 11.5 Å². The molecule has 0 heterocycles. The van der Waals surface area contributed by atoms with Gasteiger partial charge in [-0.15, -0.1) is 13.2 Å². The van der Waals surface area contributed by atoms with E-state index in [4.69, 9.17) is 0 Å². The lowest BCUT2D eigenvalue weighted by Gasteiger charge is -2.34. The summed E-state index contributed by atoms with van der Waals surface area (Å²) < 4.78 is 312. The number of halogens is 24. The summed E-state index contributed by atoms with van der Waals surface area (Å²) in [7, 11) is 0. The number of allylic oxidation sites excluding steroid dienone is 4. The van der Waals surface area contributed by atoms with Crippen LogP contribution < -0.4 is 9.47 Å². The summed E-state index contributed by atoms with van der Waals surface area (Å²) in [6.07, 6.45) is -27.8. The first kappa shape index (κ1) is 62.8. The van der Waals surface area contributed by atoms with Gasteiger partial charge < -0.3 is 9.47 Å². The van der Waals surface area contributed by atoms with Crippen molar-refractivity contribution in [1.82, 2.24) is 0 Å². The Balaban J connectivity index is 0.000000480. The van der Waals surface area contributed by atoms with Crippen LogP contribution >= 0.6 is 0 Å². The second kappa shape index (κ2) is 22.5. The van der Waals surface area contributed by atoms with E-state index in [1.165, 1.54) is 26.0 Å². The third-order valence-corrected chi connectivity index (χ3v) is 9.31. The summed E-state index contributed by atoms with van der Waals surface area (Å²) in [5.74, 6) is -19.2. The quantitative estimate of drug-likeness (QED) is 0.0995. The molecule has 4 rings (SSSR count). The molecular weight excluding hydrogens is 1030 g/mol. The standard InChI is InChI=1S/C13H10F8O.C13H12F6.C10H7F5O.C9H5F5/c1-6(2)7-4-8(14)10(9(15)5-7)22-11(3,12(16,17)18)13(19,20)21;1-8(2)9-4-6-10(7-5-9)11(3,12(14,15)16)13(17,18)19;1-5(2)6-3-7(11)9(8(12)4-6)16-10(13,14)15;1-3(2)4-5(10)7(12)9(14)8(13)6(4)11/h4-5H,1H2,2-3H3;4-7H,1H2,2-3H3;3-4H,1H2,2H3;1H2,2H3. The number of benzene rings is 4. The Morgan fingerprint density at radius 1 is 0.380 bits per heavy atom. The van der Waals surface area contributed by atoms with Gasteiger partial charge in [-0.25, -0.2) is 39.5 Å². The Hall–Kier alpha value is -6.24. The van der Waals surface area contributed by atoms with Gasteiger partial charge in [0.2, 0.25) is 11.6 Å². The molecule has 4 aromatic carbocycles. The average molecular weight is 1060 g/mol. The lowest BCUT2D eigenvalue weighted by Crippen LogP contribution is -2.58. The van der Waals surface area contributed by atoms with E-state index >= 15 is 0 Å². The van der Waals surface area contributed by atoms with Gasteiger partial charge in [0.25, 0.3) is 5.60 Å². The summed E-state index contributed by atoms with van der Waals surface area (Å²) in [5, 5.41) is 0. The lowest BCUT2D eigenvalue weighted by atomic mass is 9.80. The molecular formula is C45H34F24O2. The highest BCUT2D eigenvalue weighted by atomic mass is 19.4. The fraction of sp³-hybridized carbons (Fsp3) is 0.289. The largest absolute Gasteiger partial charge is 0.573 e. The molecule has 0 aromatic heterocycles. The van der Waals surface area contributed by atoms with E-state index < -0.39 is 117 Å². The van der Waals surface area contributed by atoms with Gasteiger partial charge in [-0.1, -0.05) is 67.3 Å². The Morgan fingerprint density at radius 3 is 0.901 bits per heavy atom. The maximum absolute atomic E-state index is 13.6. The van der Waals surface area contributed by atoms with Crippen LogP contribution in [0.25, 0.3) is 22.3 Å². The Bertz CT molecular complexity index is 2490. The molecule has 0 aliphatic carbocycles. The van der Waals surface area contributed by atoms with Crippen LogP contribution in [0.15, 0.2) is 74.8 Å². The van der Waals surface area contributed by atoms with Crippen molar-refractivity contribution in [2.24, 2.45) is 0 Å². The van der Waals surface area contributed by atoms with Crippen molar-refractivity contribution < 1.29 is 115 Å². The lowest BCUT2D eigenvalue weighted by molar-refractivity contribution is -0.351. The molecule has 71 heavy (non-hydrogen) atoms. The van der Waals surface area contributed by atoms with Crippen LogP contribution in [0, 0.1) is 52.4 Å². The van der Waals surface area contributed by atoms with Crippen LogP contribution in [0.4, 0.5) is 105 Å². The van der Waals surface area contributed by atoms with E-state index in [0.29, 0.717) is 28.8 Å². The highest BCUT2D eigenvalue weighted by Crippen LogP contribution is 2.52. The van der Waals surface area contributed by atoms with Gasteiger partial charge in [-0.05, 0) is 93.6 Å². The van der Waals surface area contributed by atoms with Gasteiger partial charge in [0, 0.05) is 0 Å². The molecule has 0 saturated heterocycles. The van der Waals surface area contributed by atoms with E-state index in [2.05, 4.69) is 35.8 Å². The molecule has 0 N–H and O–H groups in total. The summed E-state index contributed by atoms with van der Waals surface area (Å²) in [6.45, 7) is 18.8. The molecule has 2 nitrogen and oxygen atoms in total. The Labute approximate surface area is 387 Å². The zero-order valence-corrected chi connectivity index (χ0v) is 36.8. The normalized spacial score (nSPS) is 12.3. The van der Waals surface area contributed by atoms with Gasteiger partial charge in [0.05, 0.1) is 5.56 Å². The Morgan fingerprint density at radius 2 is 0.662 bits per heavy atom. The van der Waals surface area contributed by atoms with Gasteiger partial charge in [0.1, 0.15) is 0 Å².